The molecule has 27 nitrogen and oxygen atoms in total. The van der Waals surface area contributed by atoms with E-state index in [1.807, 2.05) is 48.6 Å². The van der Waals surface area contributed by atoms with Crippen LogP contribution in [-0.2, 0) is 47.9 Å². The molecule has 1 saturated heterocycles. The van der Waals surface area contributed by atoms with E-state index in [9.17, 15) is 53.4 Å². The molecule has 11 atom stereocenters. The molecule has 1 aliphatic rings. The molecule has 1 heterocycles. The first-order valence-corrected chi connectivity index (χ1v) is 36.9. The normalized spacial score (nSPS) is 15.3. The van der Waals surface area contributed by atoms with E-state index >= 15 is 0 Å². The fourth-order valence-corrected chi connectivity index (χ4v) is 10.3. The van der Waals surface area contributed by atoms with Gasteiger partial charge < -0.3 is 93.7 Å². The number of rotatable bonds is 46. The molecule has 3 unspecified atom stereocenters. The minimum Gasteiger partial charge on any atom is -0.480 e. The van der Waals surface area contributed by atoms with Crippen molar-refractivity contribution >= 4 is 53.1 Å². The lowest BCUT2D eigenvalue weighted by Crippen LogP contribution is -2.48. The molecule has 27 heteroatoms. The number of aliphatic hydroxyl groups is 2. The summed E-state index contributed by atoms with van der Waals surface area (Å²) in [5.41, 5.74) is 0. The van der Waals surface area contributed by atoms with Crippen LogP contribution in [0.3, 0.4) is 0 Å². The van der Waals surface area contributed by atoms with E-state index in [0.717, 1.165) is 45.1 Å². The molecule has 101 heavy (non-hydrogen) atoms. The number of hydrogen-bond donors (Lipinski definition) is 15. The number of ether oxygens (including phenoxy) is 1. The lowest BCUT2D eigenvalue weighted by atomic mass is 9.97. The molecule has 0 aliphatic carbocycles. The summed E-state index contributed by atoms with van der Waals surface area (Å²) in [7, 11) is 15.6. The van der Waals surface area contributed by atoms with E-state index in [1.165, 1.54) is 4.90 Å². The van der Waals surface area contributed by atoms with Gasteiger partial charge in [0.25, 0.3) is 0 Å². The maximum atomic E-state index is 12.2. The number of carboxylic acid groups (broad SMARTS) is 1. The van der Waals surface area contributed by atoms with Gasteiger partial charge in [-0.1, -0.05) is 131 Å². The van der Waals surface area contributed by atoms with Crippen LogP contribution in [0, 0.1) is 59.2 Å². The third-order valence-electron chi connectivity index (χ3n) is 15.6. The second kappa shape index (κ2) is 62.2. The number of nitrogens with one attached hydrogen (secondary N) is 12. The number of aliphatic hydroxyl groups excluding tert-OH is 2. The Morgan fingerprint density at radius 2 is 0.723 bits per heavy atom. The fraction of sp³-hybridized carbons (Fsp3) is 0.851. The third kappa shape index (κ3) is 59.8. The summed E-state index contributed by atoms with van der Waals surface area (Å²) >= 11 is 0. The average molecular weight is 1450 g/mol. The SMILES string of the molecule is C=CCNC(=O)[C@H](CC(C)C)NC.CNCC(O)CNC(=O)[C@H](CC(C)C)NC.CN[C@@H](CC(C)C)C(=O)NCC(=O)CN(C)C(=O)[C@@H](C)CC(C)C.CN[C@@H](CC(C)C)C(=O)NCC(O)CN(C)C(=O)[C@@H](C)CC(C)C.CN[C@@H](CC(C)C)C(=O)NCC1CO1.CN[C@@H](CC(C)C)C(=O)O. The molecule has 0 bridgehead atoms. The number of amides is 7. The Morgan fingerprint density at radius 3 is 1.01 bits per heavy atom. The summed E-state index contributed by atoms with van der Waals surface area (Å²) < 4.78 is 5.02. The molecule has 0 radical (unpaired) electrons. The first-order valence-electron chi connectivity index (χ1n) is 36.9. The van der Waals surface area contributed by atoms with E-state index in [-0.39, 0.29) is 134 Å². The Hall–Kier alpha value is -5.23. The average Bonchev–Trinajstić information content (AvgIpc) is 1.86. The van der Waals surface area contributed by atoms with E-state index < -0.39 is 18.2 Å². The van der Waals surface area contributed by atoms with Gasteiger partial charge in [-0.05, 0) is 148 Å². The number of carboxylic acids is 1. The smallest absolute Gasteiger partial charge is 0.320 e. The number of epoxide rings is 1. The van der Waals surface area contributed by atoms with Crippen molar-refractivity contribution in [3.8, 4) is 0 Å². The largest absolute Gasteiger partial charge is 0.480 e. The minimum atomic E-state index is -0.772. The van der Waals surface area contributed by atoms with Gasteiger partial charge in [-0.3, -0.25) is 43.2 Å². The van der Waals surface area contributed by atoms with E-state index in [4.69, 9.17) is 9.84 Å². The number of aliphatic carboxylic acids is 1. The molecule has 0 aromatic heterocycles. The van der Waals surface area contributed by atoms with Gasteiger partial charge in [-0.2, -0.15) is 0 Å². The Balaban J connectivity index is -0.000000374. The van der Waals surface area contributed by atoms with Crippen molar-refractivity contribution in [2.75, 3.05) is 122 Å². The van der Waals surface area contributed by atoms with E-state index in [1.54, 1.807) is 67.4 Å². The molecule has 0 aromatic carbocycles. The summed E-state index contributed by atoms with van der Waals surface area (Å²) in [4.78, 5) is 109. The zero-order valence-electron chi connectivity index (χ0n) is 68.1. The Labute approximate surface area is 612 Å². The maximum Gasteiger partial charge on any atom is 0.320 e. The van der Waals surface area contributed by atoms with Crippen molar-refractivity contribution in [1.29, 1.82) is 0 Å². The number of carbonyl (C=O) groups is 9. The van der Waals surface area contributed by atoms with E-state index in [0.29, 0.717) is 79.8 Å². The van der Waals surface area contributed by atoms with Gasteiger partial charge >= 0.3 is 5.97 Å². The van der Waals surface area contributed by atoms with Crippen LogP contribution in [-0.4, -0.2) is 255 Å². The Bertz CT molecular complexity index is 2220. The Morgan fingerprint density at radius 1 is 0.426 bits per heavy atom. The second-order valence-corrected chi connectivity index (χ2v) is 30.0. The van der Waals surface area contributed by atoms with Crippen LogP contribution < -0.4 is 63.8 Å². The van der Waals surface area contributed by atoms with Crippen molar-refractivity contribution in [3.63, 3.8) is 0 Å². The second-order valence-electron chi connectivity index (χ2n) is 30.0. The van der Waals surface area contributed by atoms with Gasteiger partial charge in [0, 0.05) is 65.2 Å². The highest BCUT2D eigenvalue weighted by Crippen LogP contribution is 2.16. The number of carbonyl (C=O) groups excluding carboxylic acids is 8. The number of likely N-dealkylation sites (N-methyl/N-ethyl adjacent to an activating group) is 9. The predicted octanol–water partition coefficient (Wildman–Crippen LogP) is 3.76. The van der Waals surface area contributed by atoms with Crippen LogP contribution in [0.5, 0.6) is 0 Å². The molecule has 0 saturated carbocycles. The number of nitrogens with zero attached hydrogens (tertiary/aromatic N) is 2. The molecular formula is C74H152N14O13. The first-order chi connectivity index (χ1) is 47.0. The van der Waals surface area contributed by atoms with Gasteiger partial charge in [-0.15, -0.1) is 6.58 Å². The zero-order valence-corrected chi connectivity index (χ0v) is 68.1. The minimum absolute atomic E-state index is 0.0238. The number of hydrogen-bond acceptors (Lipinski definition) is 19. The van der Waals surface area contributed by atoms with Crippen LogP contribution in [0.15, 0.2) is 12.7 Å². The van der Waals surface area contributed by atoms with Crippen LogP contribution in [0.2, 0.25) is 0 Å². The monoisotopic (exact) mass is 1450 g/mol. The summed E-state index contributed by atoms with van der Waals surface area (Å²) in [6.07, 6.45) is 6.92. The Kier molecular flexibility index (Phi) is 64.3. The van der Waals surface area contributed by atoms with Crippen molar-refractivity contribution in [2.45, 2.75) is 231 Å². The highest BCUT2D eigenvalue weighted by atomic mass is 16.6. The van der Waals surface area contributed by atoms with Gasteiger partial charge in [0.2, 0.25) is 41.4 Å². The van der Waals surface area contributed by atoms with Crippen molar-refractivity contribution in [2.24, 2.45) is 59.2 Å². The van der Waals surface area contributed by atoms with Crippen molar-refractivity contribution < 1.29 is 63.2 Å². The molecule has 15 N–H and O–H groups in total. The van der Waals surface area contributed by atoms with Crippen LogP contribution in [0.25, 0.3) is 0 Å². The summed E-state index contributed by atoms with van der Waals surface area (Å²) in [6.45, 7) is 43.5. The fourth-order valence-electron chi connectivity index (χ4n) is 10.3. The predicted molar refractivity (Wildman–Crippen MR) is 410 cm³/mol. The quantitative estimate of drug-likeness (QED) is 0.0305. The van der Waals surface area contributed by atoms with E-state index in [2.05, 4.69) is 153 Å². The lowest BCUT2D eigenvalue weighted by Gasteiger charge is -2.25. The summed E-state index contributed by atoms with van der Waals surface area (Å²) in [6, 6.07) is -1.29. The maximum absolute atomic E-state index is 12.2. The third-order valence-corrected chi connectivity index (χ3v) is 15.6. The summed E-state index contributed by atoms with van der Waals surface area (Å²) in [5.74, 6) is 2.31. The van der Waals surface area contributed by atoms with Crippen molar-refractivity contribution in [3.05, 3.63) is 12.7 Å². The van der Waals surface area contributed by atoms with Crippen LogP contribution in [0.4, 0.5) is 0 Å². The summed E-state index contributed by atoms with van der Waals surface area (Å²) in [5, 5.41) is 62.4. The highest BCUT2D eigenvalue weighted by Gasteiger charge is 2.27. The van der Waals surface area contributed by atoms with Crippen LogP contribution in [0.1, 0.15) is 176 Å². The standard InChI is InChI=1S/C18H37N3O3.C18H35N3O3.C11H25N3O2.C10H20N2O2.C10H20N2O.C7H15NO2/c2*1-12(2)8-14(5)18(24)21(7)11-15(22)10-20-17(23)16(19-6)9-13(3)4;1-8(2)5-10(13-4)11(16)14-7-9(15)6-12-3;1-7(2)4-9(11-3)10(13)12-5-8-6-14-8;1-5-6-12-10(13)9(11-4)7-8(2)3;1-5(2)4-6(8-3)7(9)10/h12-16,19,22H,8-11H2,1-7H3,(H,20,23);12-14,16,19H,8-11H2,1-7H3,(H,20,23);8-10,12-13,15H,5-7H2,1-4H3,(H,14,16);7-9,11H,4-6H2,1-3H3,(H,12,13);5,8-9,11H,1,6-7H2,2-4H3,(H,12,13);5-6,8H,4H2,1-3H3,(H,9,10)/t14-,15?,16-;14-,16-;9?,10-;8?,9-;9-;6-/m000000/s1. The molecule has 0 spiro atoms. The van der Waals surface area contributed by atoms with Gasteiger partial charge in [-0.25, -0.2) is 0 Å². The topological polar surface area (TPSA) is 378 Å². The zero-order chi connectivity index (χ0) is 79.2. The molecule has 1 fully saturated rings. The van der Waals surface area contributed by atoms with Gasteiger partial charge in [0.1, 0.15) is 6.04 Å². The van der Waals surface area contributed by atoms with Gasteiger partial charge in [0.15, 0.2) is 5.78 Å². The van der Waals surface area contributed by atoms with Crippen LogP contribution >= 0.6 is 0 Å². The highest BCUT2D eigenvalue weighted by molar-refractivity contribution is 5.91. The number of Topliss-reactive ketones (excluding diaryl/α,β-unsaturated/α-hetero) is 1. The molecule has 1 aliphatic heterocycles. The first kappa shape index (κ1) is 104. The molecule has 1 rings (SSSR count). The van der Waals surface area contributed by atoms with Crippen molar-refractivity contribution in [1.82, 2.24) is 73.6 Å². The molecule has 0 aromatic rings. The molecular weight excluding hydrogens is 1290 g/mol. The lowest BCUT2D eigenvalue weighted by molar-refractivity contribution is -0.140. The molecule has 596 valence electrons. The van der Waals surface area contributed by atoms with Gasteiger partial charge in [0.05, 0.1) is 68.2 Å². The molecule has 7 amide bonds. The number of ketones is 1.